The standard InChI is InChI=1S/C22H30N2O3/c1-14-12-15(2)18(16(3)13-14)19-20(27-17(4)25)22(10-8-7-9-11-22)24(6)23(5)21(19)26/h12-13H,7-11H2,1-6H3. The van der Waals surface area contributed by atoms with Gasteiger partial charge in [-0.25, -0.2) is 5.01 Å². The summed E-state index contributed by atoms with van der Waals surface area (Å²) in [5.41, 5.74) is 4.21. The van der Waals surface area contributed by atoms with Crippen molar-refractivity contribution in [3.05, 3.63) is 40.1 Å². The lowest BCUT2D eigenvalue weighted by molar-refractivity contribution is -0.159. The molecule has 0 bridgehead atoms. The van der Waals surface area contributed by atoms with Gasteiger partial charge in [0, 0.05) is 21.0 Å². The van der Waals surface area contributed by atoms with Gasteiger partial charge >= 0.3 is 5.97 Å². The molecule has 1 spiro atoms. The minimum absolute atomic E-state index is 0.125. The quantitative estimate of drug-likeness (QED) is 0.741. The number of nitrogens with zero attached hydrogens (tertiary/aromatic N) is 2. The number of hydrazine groups is 1. The molecule has 0 aromatic heterocycles. The molecule has 1 aromatic rings. The summed E-state index contributed by atoms with van der Waals surface area (Å²) < 4.78 is 5.83. The largest absolute Gasteiger partial charge is 0.428 e. The van der Waals surface area contributed by atoms with Crippen molar-refractivity contribution in [1.82, 2.24) is 10.0 Å². The van der Waals surface area contributed by atoms with Crippen LogP contribution in [-0.4, -0.2) is 41.5 Å². The number of hydrogen-bond acceptors (Lipinski definition) is 4. The summed E-state index contributed by atoms with van der Waals surface area (Å²) in [6.45, 7) is 7.51. The summed E-state index contributed by atoms with van der Waals surface area (Å²) in [6, 6.07) is 4.17. The number of rotatable bonds is 2. The summed E-state index contributed by atoms with van der Waals surface area (Å²) in [5, 5.41) is 3.67. The van der Waals surface area contributed by atoms with Gasteiger partial charge in [0.25, 0.3) is 5.91 Å². The van der Waals surface area contributed by atoms with Gasteiger partial charge in [-0.2, -0.15) is 0 Å². The van der Waals surface area contributed by atoms with Crippen LogP contribution < -0.4 is 0 Å². The Labute approximate surface area is 161 Å². The van der Waals surface area contributed by atoms with Gasteiger partial charge in [0.15, 0.2) is 0 Å². The zero-order valence-electron chi connectivity index (χ0n) is 17.3. The summed E-state index contributed by atoms with van der Waals surface area (Å²) in [4.78, 5) is 25.4. The lowest BCUT2D eigenvalue weighted by Crippen LogP contribution is -2.61. The van der Waals surface area contributed by atoms with E-state index in [-0.39, 0.29) is 11.9 Å². The number of carbonyl (C=O) groups is 2. The van der Waals surface area contributed by atoms with Crippen LogP contribution >= 0.6 is 0 Å². The monoisotopic (exact) mass is 370 g/mol. The second kappa shape index (κ2) is 7.12. The highest BCUT2D eigenvalue weighted by molar-refractivity contribution is 6.22. The third kappa shape index (κ3) is 3.18. The average molecular weight is 370 g/mol. The maximum Gasteiger partial charge on any atom is 0.307 e. The summed E-state index contributed by atoms with van der Waals surface area (Å²) in [6.07, 6.45) is 5.01. The molecular weight excluding hydrogens is 340 g/mol. The number of aryl methyl sites for hydroxylation is 3. The molecule has 5 nitrogen and oxygen atoms in total. The highest BCUT2D eigenvalue weighted by atomic mass is 16.5. The Morgan fingerprint density at radius 3 is 2.11 bits per heavy atom. The molecule has 1 amide bonds. The number of carbonyl (C=O) groups excluding carboxylic acids is 2. The third-order valence-electron chi connectivity index (χ3n) is 6.08. The molecule has 0 unspecified atom stereocenters. The van der Waals surface area contributed by atoms with Crippen molar-refractivity contribution >= 4 is 17.4 Å². The molecule has 1 heterocycles. The van der Waals surface area contributed by atoms with E-state index in [0.29, 0.717) is 11.3 Å². The predicted molar refractivity (Wildman–Crippen MR) is 106 cm³/mol. The first-order valence-electron chi connectivity index (χ1n) is 9.72. The summed E-state index contributed by atoms with van der Waals surface area (Å²) in [7, 11) is 3.74. The summed E-state index contributed by atoms with van der Waals surface area (Å²) >= 11 is 0. The Bertz CT molecular complexity index is 796. The molecule has 5 heteroatoms. The molecule has 0 radical (unpaired) electrons. The number of amides is 1. The van der Waals surface area contributed by atoms with Crippen LogP contribution in [0.2, 0.25) is 0 Å². The SMILES string of the molecule is CC(=O)OC1=C(c2c(C)cc(C)cc2C)C(=O)N(C)N(C)C12CCCCC2. The second-order valence-corrected chi connectivity index (χ2v) is 8.02. The topological polar surface area (TPSA) is 49.9 Å². The molecule has 0 saturated heterocycles. The number of esters is 1. The van der Waals surface area contributed by atoms with Gasteiger partial charge < -0.3 is 4.74 Å². The molecule has 3 rings (SSSR count). The highest BCUT2D eigenvalue weighted by Crippen LogP contribution is 2.47. The maximum atomic E-state index is 13.4. The van der Waals surface area contributed by atoms with Crippen LogP contribution in [0, 0.1) is 20.8 Å². The fourth-order valence-corrected chi connectivity index (χ4v) is 4.83. The van der Waals surface area contributed by atoms with E-state index in [2.05, 4.69) is 19.1 Å². The van der Waals surface area contributed by atoms with Gasteiger partial charge in [-0.3, -0.25) is 14.6 Å². The molecule has 0 atom stereocenters. The van der Waals surface area contributed by atoms with Crippen LogP contribution in [0.25, 0.3) is 5.57 Å². The first kappa shape index (κ1) is 19.6. The smallest absolute Gasteiger partial charge is 0.307 e. The van der Waals surface area contributed by atoms with Crippen molar-refractivity contribution in [3.63, 3.8) is 0 Å². The zero-order valence-corrected chi connectivity index (χ0v) is 17.3. The first-order valence-corrected chi connectivity index (χ1v) is 9.72. The minimum atomic E-state index is -0.453. The van der Waals surface area contributed by atoms with Gasteiger partial charge in [0.2, 0.25) is 0 Å². The molecule has 1 aromatic carbocycles. The molecule has 1 saturated carbocycles. The molecule has 146 valence electrons. The predicted octanol–water partition coefficient (Wildman–Crippen LogP) is 3.91. The lowest BCUT2D eigenvalue weighted by atomic mass is 9.75. The van der Waals surface area contributed by atoms with E-state index in [9.17, 15) is 9.59 Å². The third-order valence-corrected chi connectivity index (χ3v) is 6.08. The highest BCUT2D eigenvalue weighted by Gasteiger charge is 2.51. The Balaban J connectivity index is 2.35. The van der Waals surface area contributed by atoms with Gasteiger partial charge in [-0.1, -0.05) is 37.0 Å². The first-order chi connectivity index (χ1) is 12.7. The normalized spacial score (nSPS) is 20.4. The Kier molecular flexibility index (Phi) is 5.17. The van der Waals surface area contributed by atoms with Crippen LogP contribution in [0.1, 0.15) is 61.3 Å². The fourth-order valence-electron chi connectivity index (χ4n) is 4.83. The van der Waals surface area contributed by atoms with Crippen molar-refractivity contribution in [2.24, 2.45) is 0 Å². The van der Waals surface area contributed by atoms with Gasteiger partial charge in [0.05, 0.1) is 11.1 Å². The Morgan fingerprint density at radius 1 is 1.04 bits per heavy atom. The Hall–Kier alpha value is -2.14. The molecular formula is C22H30N2O3. The van der Waals surface area contributed by atoms with E-state index in [0.717, 1.165) is 47.9 Å². The average Bonchev–Trinajstić information content (AvgIpc) is 2.60. The van der Waals surface area contributed by atoms with E-state index in [4.69, 9.17) is 4.74 Å². The number of benzene rings is 1. The molecule has 1 fully saturated rings. The molecule has 0 N–H and O–H groups in total. The van der Waals surface area contributed by atoms with E-state index in [1.165, 1.54) is 13.3 Å². The number of ether oxygens (including phenoxy) is 1. The van der Waals surface area contributed by atoms with Crippen LogP contribution in [0.4, 0.5) is 0 Å². The molecule has 2 aliphatic rings. The Morgan fingerprint density at radius 2 is 1.59 bits per heavy atom. The zero-order chi connectivity index (χ0) is 19.9. The lowest BCUT2D eigenvalue weighted by Gasteiger charge is -2.52. The van der Waals surface area contributed by atoms with E-state index in [1.54, 1.807) is 5.01 Å². The number of likely N-dealkylation sites (N-methyl/N-ethyl adjacent to an activating group) is 2. The van der Waals surface area contributed by atoms with Crippen molar-refractivity contribution in [1.29, 1.82) is 0 Å². The summed E-state index contributed by atoms with van der Waals surface area (Å²) in [5.74, 6) is 0.0379. The maximum absolute atomic E-state index is 13.4. The van der Waals surface area contributed by atoms with E-state index in [1.807, 2.05) is 33.0 Å². The van der Waals surface area contributed by atoms with Crippen molar-refractivity contribution in [3.8, 4) is 0 Å². The fraction of sp³-hybridized carbons (Fsp3) is 0.545. The van der Waals surface area contributed by atoms with Gasteiger partial charge in [0.1, 0.15) is 5.76 Å². The second-order valence-electron chi connectivity index (χ2n) is 8.02. The van der Waals surface area contributed by atoms with Crippen LogP contribution in [-0.2, 0) is 14.3 Å². The molecule has 1 aliphatic carbocycles. The minimum Gasteiger partial charge on any atom is -0.428 e. The van der Waals surface area contributed by atoms with Crippen molar-refractivity contribution in [2.75, 3.05) is 14.1 Å². The van der Waals surface area contributed by atoms with Crippen LogP contribution in [0.15, 0.2) is 17.9 Å². The van der Waals surface area contributed by atoms with Crippen molar-refractivity contribution < 1.29 is 14.3 Å². The molecule has 1 aliphatic heterocycles. The van der Waals surface area contributed by atoms with Crippen LogP contribution in [0.3, 0.4) is 0 Å². The molecule has 27 heavy (non-hydrogen) atoms. The van der Waals surface area contributed by atoms with E-state index < -0.39 is 5.54 Å². The number of hydrogen-bond donors (Lipinski definition) is 0. The van der Waals surface area contributed by atoms with Gasteiger partial charge in [-0.05, 0) is 50.3 Å². The van der Waals surface area contributed by atoms with Crippen LogP contribution in [0.5, 0.6) is 0 Å². The van der Waals surface area contributed by atoms with E-state index >= 15 is 0 Å². The van der Waals surface area contributed by atoms with Crippen molar-refractivity contribution in [2.45, 2.75) is 65.3 Å². The van der Waals surface area contributed by atoms with Gasteiger partial charge in [-0.15, -0.1) is 0 Å².